The number of nitrogens with zero attached hydrogens (tertiary/aromatic N) is 4. The quantitative estimate of drug-likeness (QED) is 0.540. The van der Waals surface area contributed by atoms with Gasteiger partial charge in [0, 0.05) is 63.8 Å². The van der Waals surface area contributed by atoms with E-state index in [1.165, 1.54) is 4.90 Å². The van der Waals surface area contributed by atoms with Crippen LogP contribution in [0.5, 0.6) is 0 Å². The number of fused-ring (bicyclic) bond motifs is 1. The minimum atomic E-state index is -0.838. The average molecular weight is 602 g/mol. The van der Waals surface area contributed by atoms with E-state index in [2.05, 4.69) is 15.1 Å². The number of amides is 4. The van der Waals surface area contributed by atoms with Crippen LogP contribution in [0, 0.1) is 5.82 Å². The molecule has 41 heavy (non-hydrogen) atoms. The highest BCUT2D eigenvalue weighted by atomic mass is 35.5. The van der Waals surface area contributed by atoms with Gasteiger partial charge in [0.2, 0.25) is 11.8 Å². The molecule has 1 atom stereocenters. The Morgan fingerprint density at radius 2 is 1.68 bits per heavy atom. The van der Waals surface area contributed by atoms with Crippen molar-refractivity contribution in [3.63, 3.8) is 0 Å². The van der Waals surface area contributed by atoms with Crippen molar-refractivity contribution in [1.29, 1.82) is 0 Å². The number of likely N-dealkylation sites (tertiary alicyclic amines) is 1. The van der Waals surface area contributed by atoms with Crippen LogP contribution in [0.1, 0.15) is 52.0 Å². The maximum atomic E-state index is 15.1. The van der Waals surface area contributed by atoms with Crippen LogP contribution in [-0.2, 0) is 16.1 Å². The van der Waals surface area contributed by atoms with Gasteiger partial charge in [-0.25, -0.2) is 4.39 Å². The number of hydrogen-bond acceptors (Lipinski definition) is 6. The second-order valence-corrected chi connectivity index (χ2v) is 11.8. The SMILES string of the molecule is O=C1CCC(N2Cc3cc(C(=O)N4CCC(N5CCN(c6cccc(Cl)c6Cl)CC5)CC4)cc(F)c3C2=O)C(=O)N1. The summed E-state index contributed by atoms with van der Waals surface area (Å²) in [6, 6.07) is 7.88. The van der Waals surface area contributed by atoms with Crippen LogP contribution in [0.4, 0.5) is 10.1 Å². The van der Waals surface area contributed by atoms with Gasteiger partial charge in [-0.3, -0.25) is 29.4 Å². The zero-order valence-electron chi connectivity index (χ0n) is 22.4. The number of anilines is 1. The molecule has 1 N–H and O–H groups in total. The van der Waals surface area contributed by atoms with Crippen LogP contribution in [0.15, 0.2) is 30.3 Å². The van der Waals surface area contributed by atoms with Gasteiger partial charge in [-0.2, -0.15) is 0 Å². The highest BCUT2D eigenvalue weighted by Gasteiger charge is 2.41. The first-order chi connectivity index (χ1) is 19.7. The molecule has 4 aliphatic rings. The molecule has 12 heteroatoms. The number of nitrogens with one attached hydrogen (secondary N) is 1. The van der Waals surface area contributed by atoms with Gasteiger partial charge < -0.3 is 14.7 Å². The normalized spacial score (nSPS) is 22.3. The van der Waals surface area contributed by atoms with Crippen molar-refractivity contribution in [1.82, 2.24) is 20.0 Å². The fraction of sp³-hybridized carbons (Fsp3) is 0.448. The number of carbonyl (C=O) groups is 4. The second kappa shape index (κ2) is 11.2. The Bertz CT molecular complexity index is 1420. The number of imide groups is 1. The number of hydrogen-bond donors (Lipinski definition) is 1. The molecule has 0 radical (unpaired) electrons. The summed E-state index contributed by atoms with van der Waals surface area (Å²) in [5, 5.41) is 3.36. The van der Waals surface area contributed by atoms with Crippen LogP contribution < -0.4 is 10.2 Å². The molecule has 0 aromatic heterocycles. The molecule has 9 nitrogen and oxygen atoms in total. The Balaban J connectivity index is 1.06. The van der Waals surface area contributed by atoms with Gasteiger partial charge in [-0.1, -0.05) is 29.3 Å². The van der Waals surface area contributed by atoms with Gasteiger partial charge in [-0.15, -0.1) is 0 Å². The maximum absolute atomic E-state index is 15.1. The zero-order chi connectivity index (χ0) is 28.8. The van der Waals surface area contributed by atoms with E-state index in [0.717, 1.165) is 50.8 Å². The largest absolute Gasteiger partial charge is 0.368 e. The van der Waals surface area contributed by atoms with E-state index in [1.807, 2.05) is 12.1 Å². The Morgan fingerprint density at radius 1 is 0.951 bits per heavy atom. The monoisotopic (exact) mass is 601 g/mol. The molecule has 6 rings (SSSR count). The van der Waals surface area contributed by atoms with Gasteiger partial charge in [0.25, 0.3) is 11.8 Å². The van der Waals surface area contributed by atoms with Crippen molar-refractivity contribution < 1.29 is 23.6 Å². The lowest BCUT2D eigenvalue weighted by Gasteiger charge is -2.43. The third-order valence-corrected chi connectivity index (χ3v) is 9.48. The standard InChI is InChI=1S/C29H30Cl2FN5O4/c30-20-2-1-3-22(26(20)31)35-12-10-34(11-13-35)19-6-8-36(9-7-19)28(40)17-14-18-16-37(29(41)25(18)21(32)15-17)23-4-5-24(38)33-27(23)39/h1-3,14-15,19,23H,4-13,16H2,(H,33,38,39). The molecule has 4 aliphatic heterocycles. The van der Waals surface area contributed by atoms with Crippen molar-refractivity contribution in [2.24, 2.45) is 0 Å². The predicted molar refractivity (Wildman–Crippen MR) is 152 cm³/mol. The topological polar surface area (TPSA) is 93.3 Å². The molecular formula is C29H30Cl2FN5O4. The second-order valence-electron chi connectivity index (χ2n) is 11.0. The first-order valence-corrected chi connectivity index (χ1v) is 14.7. The van der Waals surface area contributed by atoms with Gasteiger partial charge in [0.1, 0.15) is 11.9 Å². The van der Waals surface area contributed by atoms with E-state index in [-0.39, 0.29) is 42.3 Å². The van der Waals surface area contributed by atoms with Crippen molar-refractivity contribution in [2.75, 3.05) is 44.2 Å². The Hall–Kier alpha value is -3.21. The summed E-state index contributed by atoms with van der Waals surface area (Å²) in [4.78, 5) is 57.9. The first-order valence-electron chi connectivity index (χ1n) is 13.9. The van der Waals surface area contributed by atoms with Crippen LogP contribution in [0.3, 0.4) is 0 Å². The molecule has 4 amide bonds. The highest BCUT2D eigenvalue weighted by molar-refractivity contribution is 6.43. The Morgan fingerprint density at radius 3 is 2.39 bits per heavy atom. The van der Waals surface area contributed by atoms with E-state index >= 15 is 4.39 Å². The summed E-state index contributed by atoms with van der Waals surface area (Å²) in [5.41, 5.74) is 1.42. The van der Waals surface area contributed by atoms with Crippen molar-refractivity contribution in [3.05, 3.63) is 62.9 Å². The zero-order valence-corrected chi connectivity index (χ0v) is 23.9. The number of piperazine rings is 1. The molecule has 2 aromatic rings. The summed E-state index contributed by atoms with van der Waals surface area (Å²) in [7, 11) is 0. The maximum Gasteiger partial charge on any atom is 0.258 e. The molecule has 3 fully saturated rings. The number of halogens is 3. The summed E-state index contributed by atoms with van der Waals surface area (Å²) in [6.45, 7) is 4.58. The van der Waals surface area contributed by atoms with Crippen LogP contribution >= 0.6 is 23.2 Å². The van der Waals surface area contributed by atoms with Crippen LogP contribution in [0.2, 0.25) is 10.0 Å². The van der Waals surface area contributed by atoms with Gasteiger partial charge in [0.05, 0.1) is 21.3 Å². The number of rotatable bonds is 4. The lowest BCUT2D eigenvalue weighted by molar-refractivity contribution is -0.136. The minimum Gasteiger partial charge on any atom is -0.368 e. The molecule has 216 valence electrons. The Kier molecular flexibility index (Phi) is 7.65. The molecular weight excluding hydrogens is 572 g/mol. The third-order valence-electron chi connectivity index (χ3n) is 8.67. The summed E-state index contributed by atoms with van der Waals surface area (Å²) in [5.74, 6) is -2.57. The van der Waals surface area contributed by atoms with E-state index in [9.17, 15) is 19.2 Å². The van der Waals surface area contributed by atoms with Crippen molar-refractivity contribution >= 4 is 52.5 Å². The molecule has 0 bridgehead atoms. The number of piperidine rings is 2. The van der Waals surface area contributed by atoms with Crippen LogP contribution in [-0.4, -0.2) is 89.7 Å². The van der Waals surface area contributed by atoms with Gasteiger partial charge in [0.15, 0.2) is 0 Å². The lowest BCUT2D eigenvalue weighted by atomic mass is 10.00. The fourth-order valence-electron chi connectivity index (χ4n) is 6.46. The van der Waals surface area contributed by atoms with E-state index in [4.69, 9.17) is 23.2 Å². The number of carbonyl (C=O) groups excluding carboxylic acids is 4. The summed E-state index contributed by atoms with van der Waals surface area (Å²) in [6.07, 6.45) is 1.94. The summed E-state index contributed by atoms with van der Waals surface area (Å²) >= 11 is 12.6. The lowest BCUT2D eigenvalue weighted by Crippen LogP contribution is -2.53. The molecule has 3 saturated heterocycles. The highest BCUT2D eigenvalue weighted by Crippen LogP contribution is 2.34. The van der Waals surface area contributed by atoms with Crippen molar-refractivity contribution in [2.45, 2.75) is 44.3 Å². The van der Waals surface area contributed by atoms with Gasteiger partial charge in [-0.05, 0) is 49.1 Å². The average Bonchev–Trinajstić information content (AvgIpc) is 3.30. The third kappa shape index (κ3) is 5.29. The van der Waals surface area contributed by atoms with Crippen molar-refractivity contribution in [3.8, 4) is 0 Å². The molecule has 4 heterocycles. The Labute approximate surface area is 247 Å². The molecule has 0 saturated carbocycles. The van der Waals surface area contributed by atoms with Gasteiger partial charge >= 0.3 is 0 Å². The fourth-order valence-corrected chi connectivity index (χ4v) is 6.88. The molecule has 2 aromatic carbocycles. The molecule has 0 spiro atoms. The van der Waals surface area contributed by atoms with E-state index < -0.39 is 23.7 Å². The number of benzene rings is 2. The first kappa shape index (κ1) is 27.9. The minimum absolute atomic E-state index is 0.0208. The predicted octanol–water partition coefficient (Wildman–Crippen LogP) is 3.32. The van der Waals surface area contributed by atoms with Crippen LogP contribution in [0.25, 0.3) is 0 Å². The molecule has 1 unspecified atom stereocenters. The summed E-state index contributed by atoms with van der Waals surface area (Å²) < 4.78 is 15.1. The van der Waals surface area contributed by atoms with E-state index in [1.54, 1.807) is 17.0 Å². The van der Waals surface area contributed by atoms with E-state index in [0.29, 0.717) is 34.7 Å². The molecule has 0 aliphatic carbocycles. The smallest absolute Gasteiger partial charge is 0.258 e.